The molecule has 0 N–H and O–H groups in total. The molecule has 1 aromatic carbocycles. The molecule has 0 radical (unpaired) electrons. The van der Waals surface area contributed by atoms with Crippen LogP contribution in [0.4, 0.5) is 20.2 Å². The van der Waals surface area contributed by atoms with Gasteiger partial charge in [-0.15, -0.1) is 0 Å². The number of alkyl halides is 2. The zero-order chi connectivity index (χ0) is 15.0. The van der Waals surface area contributed by atoms with Crippen molar-refractivity contribution in [3.8, 4) is 5.75 Å². The Morgan fingerprint density at radius 3 is 2.71 bits per heavy atom. The summed E-state index contributed by atoms with van der Waals surface area (Å²) in [5.74, 6) is -0.114. The number of hydrogen-bond acceptors (Lipinski definition) is 4. The third-order valence-electron chi connectivity index (χ3n) is 4.33. The van der Waals surface area contributed by atoms with Gasteiger partial charge in [-0.1, -0.05) is 0 Å². The molecule has 1 saturated heterocycles. The van der Waals surface area contributed by atoms with E-state index >= 15 is 0 Å². The third-order valence-corrected chi connectivity index (χ3v) is 4.33. The molecule has 0 bridgehead atoms. The second-order valence-corrected chi connectivity index (χ2v) is 5.81. The first-order valence-electron chi connectivity index (χ1n) is 6.97. The summed E-state index contributed by atoms with van der Waals surface area (Å²) in [5, 5.41) is 10.8. The van der Waals surface area contributed by atoms with Gasteiger partial charge in [0.15, 0.2) is 5.75 Å². The van der Waals surface area contributed by atoms with Crippen LogP contribution >= 0.6 is 0 Å². The van der Waals surface area contributed by atoms with Gasteiger partial charge in [-0.3, -0.25) is 10.1 Å². The van der Waals surface area contributed by atoms with Gasteiger partial charge >= 0.3 is 6.61 Å². The topological polar surface area (TPSA) is 55.6 Å². The molecule has 2 fully saturated rings. The van der Waals surface area contributed by atoms with Gasteiger partial charge in [0, 0.05) is 19.2 Å². The molecule has 7 heteroatoms. The van der Waals surface area contributed by atoms with Crippen LogP contribution in [0.3, 0.4) is 0 Å². The van der Waals surface area contributed by atoms with Crippen molar-refractivity contribution in [1.29, 1.82) is 0 Å². The maximum absolute atomic E-state index is 12.6. The predicted molar refractivity (Wildman–Crippen MR) is 72.8 cm³/mol. The molecule has 1 aliphatic heterocycles. The van der Waals surface area contributed by atoms with Crippen molar-refractivity contribution in [2.75, 3.05) is 18.0 Å². The summed E-state index contributed by atoms with van der Waals surface area (Å²) >= 11 is 0. The van der Waals surface area contributed by atoms with Gasteiger partial charge in [0.25, 0.3) is 5.69 Å². The number of halogens is 2. The highest BCUT2D eigenvalue weighted by molar-refractivity contribution is 5.63. The van der Waals surface area contributed by atoms with E-state index in [9.17, 15) is 18.9 Å². The molecular formula is C14H16F2N2O3. The predicted octanol–water partition coefficient (Wildman–Crippen LogP) is 3.58. The number of hydrogen-bond donors (Lipinski definition) is 0. The molecule has 1 spiro atoms. The van der Waals surface area contributed by atoms with Crippen LogP contribution in [0.5, 0.6) is 5.75 Å². The fraction of sp³-hybridized carbons (Fsp3) is 0.571. The van der Waals surface area contributed by atoms with E-state index in [-0.39, 0.29) is 11.4 Å². The number of benzene rings is 1. The molecule has 2 aliphatic rings. The molecule has 0 amide bonds. The van der Waals surface area contributed by atoms with Gasteiger partial charge in [-0.2, -0.15) is 8.78 Å². The van der Waals surface area contributed by atoms with Crippen molar-refractivity contribution in [1.82, 2.24) is 0 Å². The number of ether oxygens (including phenoxy) is 1. The molecule has 3 rings (SSSR count). The Labute approximate surface area is 120 Å². The van der Waals surface area contributed by atoms with Gasteiger partial charge in [-0.05, 0) is 37.2 Å². The number of nitro benzene ring substituents is 1. The minimum atomic E-state index is -2.99. The highest BCUT2D eigenvalue weighted by Crippen LogP contribution is 2.53. The Bertz CT molecular complexity index is 561. The van der Waals surface area contributed by atoms with Crippen LogP contribution in [0.25, 0.3) is 0 Å². The summed E-state index contributed by atoms with van der Waals surface area (Å²) < 4.78 is 29.6. The smallest absolute Gasteiger partial charge is 0.387 e. The highest BCUT2D eigenvalue weighted by atomic mass is 19.3. The fourth-order valence-electron chi connectivity index (χ4n) is 3.07. The second kappa shape index (κ2) is 5.13. The SMILES string of the molecule is O=[N+]([O-])c1ccc(N2CCCC3(CC3)C2)c(OC(F)F)c1. The quantitative estimate of drug-likeness (QED) is 0.630. The van der Waals surface area contributed by atoms with E-state index in [4.69, 9.17) is 0 Å². The minimum Gasteiger partial charge on any atom is -0.432 e. The Kier molecular flexibility index (Phi) is 3.43. The van der Waals surface area contributed by atoms with Crippen molar-refractivity contribution in [2.45, 2.75) is 32.3 Å². The first-order valence-corrected chi connectivity index (χ1v) is 6.97. The Balaban J connectivity index is 1.90. The monoisotopic (exact) mass is 298 g/mol. The number of non-ortho nitro benzene ring substituents is 1. The van der Waals surface area contributed by atoms with E-state index in [1.54, 1.807) is 0 Å². The largest absolute Gasteiger partial charge is 0.432 e. The van der Waals surface area contributed by atoms with E-state index < -0.39 is 11.5 Å². The van der Waals surface area contributed by atoms with Gasteiger partial charge in [0.1, 0.15) is 0 Å². The number of anilines is 1. The lowest BCUT2D eigenvalue weighted by Crippen LogP contribution is -2.36. The molecule has 1 aliphatic carbocycles. The van der Waals surface area contributed by atoms with Crippen LogP contribution in [-0.4, -0.2) is 24.6 Å². The lowest BCUT2D eigenvalue weighted by atomic mass is 9.94. The standard InChI is InChI=1S/C14H16F2N2O3/c15-13(16)21-12-8-10(18(19)20)2-3-11(12)17-7-1-4-14(9-17)5-6-14/h2-3,8,13H,1,4-7,9H2. The molecule has 0 aromatic heterocycles. The summed E-state index contributed by atoms with van der Waals surface area (Å²) in [5.41, 5.74) is 0.599. The van der Waals surface area contributed by atoms with Crippen LogP contribution in [0.15, 0.2) is 18.2 Å². The van der Waals surface area contributed by atoms with Crippen molar-refractivity contribution in [2.24, 2.45) is 5.41 Å². The summed E-state index contributed by atoms with van der Waals surface area (Å²) in [6.45, 7) is -1.42. The van der Waals surface area contributed by atoms with Gasteiger partial charge in [0.2, 0.25) is 0 Å². The number of nitro groups is 1. The van der Waals surface area contributed by atoms with Crippen LogP contribution in [0, 0.1) is 15.5 Å². The first-order chi connectivity index (χ1) is 9.99. The van der Waals surface area contributed by atoms with Crippen LogP contribution in [-0.2, 0) is 0 Å². The molecule has 1 saturated carbocycles. The van der Waals surface area contributed by atoms with Crippen molar-refractivity contribution < 1.29 is 18.4 Å². The van der Waals surface area contributed by atoms with Crippen LogP contribution < -0.4 is 9.64 Å². The van der Waals surface area contributed by atoms with Crippen molar-refractivity contribution in [3.63, 3.8) is 0 Å². The average molecular weight is 298 g/mol. The summed E-state index contributed by atoms with van der Waals surface area (Å²) in [7, 11) is 0. The second-order valence-electron chi connectivity index (χ2n) is 5.81. The summed E-state index contributed by atoms with van der Waals surface area (Å²) in [6, 6.07) is 3.93. The number of piperidine rings is 1. The lowest BCUT2D eigenvalue weighted by molar-refractivity contribution is -0.385. The molecule has 0 unspecified atom stereocenters. The van der Waals surface area contributed by atoms with Crippen molar-refractivity contribution in [3.05, 3.63) is 28.3 Å². The first kappa shape index (κ1) is 14.0. The van der Waals surface area contributed by atoms with E-state index in [2.05, 4.69) is 4.74 Å². The zero-order valence-electron chi connectivity index (χ0n) is 11.4. The third kappa shape index (κ3) is 2.91. The van der Waals surface area contributed by atoms with E-state index in [1.165, 1.54) is 31.4 Å². The maximum atomic E-state index is 12.6. The normalized spacial score (nSPS) is 19.9. The van der Waals surface area contributed by atoms with E-state index in [0.29, 0.717) is 11.1 Å². The molecule has 5 nitrogen and oxygen atoms in total. The highest BCUT2D eigenvalue weighted by Gasteiger charge is 2.45. The average Bonchev–Trinajstić information content (AvgIpc) is 3.17. The lowest BCUT2D eigenvalue weighted by Gasteiger charge is -2.35. The molecule has 1 aromatic rings. The number of rotatable bonds is 4. The van der Waals surface area contributed by atoms with Gasteiger partial charge < -0.3 is 9.64 Å². The Morgan fingerprint density at radius 2 is 2.10 bits per heavy atom. The Hall–Kier alpha value is -1.92. The summed E-state index contributed by atoms with van der Waals surface area (Å²) in [6.07, 6.45) is 4.51. The van der Waals surface area contributed by atoms with Gasteiger partial charge in [-0.25, -0.2) is 0 Å². The molecule has 0 atom stereocenters. The maximum Gasteiger partial charge on any atom is 0.387 e. The number of nitrogens with zero attached hydrogens (tertiary/aromatic N) is 2. The zero-order valence-corrected chi connectivity index (χ0v) is 11.4. The van der Waals surface area contributed by atoms with Gasteiger partial charge in [0.05, 0.1) is 16.7 Å². The van der Waals surface area contributed by atoms with Crippen LogP contribution in [0.2, 0.25) is 0 Å². The molecule has 1 heterocycles. The van der Waals surface area contributed by atoms with Crippen LogP contribution in [0.1, 0.15) is 25.7 Å². The molecular weight excluding hydrogens is 282 g/mol. The van der Waals surface area contributed by atoms with E-state index in [1.807, 2.05) is 4.90 Å². The Morgan fingerprint density at radius 1 is 1.33 bits per heavy atom. The molecule has 21 heavy (non-hydrogen) atoms. The minimum absolute atomic E-state index is 0.114. The summed E-state index contributed by atoms with van der Waals surface area (Å²) in [4.78, 5) is 12.2. The van der Waals surface area contributed by atoms with Crippen molar-refractivity contribution >= 4 is 11.4 Å². The molecule has 114 valence electrons. The van der Waals surface area contributed by atoms with E-state index in [0.717, 1.165) is 25.6 Å². The fourth-order valence-corrected chi connectivity index (χ4v) is 3.07.